The van der Waals surface area contributed by atoms with Gasteiger partial charge >= 0.3 is 0 Å². The first kappa shape index (κ1) is 18.6. The van der Waals surface area contributed by atoms with E-state index in [-0.39, 0.29) is 5.92 Å². The molecule has 0 bridgehead atoms. The summed E-state index contributed by atoms with van der Waals surface area (Å²) in [5.41, 5.74) is 1.02. The fourth-order valence-corrected chi connectivity index (χ4v) is 3.44. The number of nitrogens with zero attached hydrogens (tertiary/aromatic N) is 2. The van der Waals surface area contributed by atoms with Crippen LogP contribution in [0.2, 0.25) is 0 Å². The molecule has 0 aliphatic rings. The third-order valence-electron chi connectivity index (χ3n) is 3.59. The SMILES string of the molecule is CCCC(C[S+]([O-])NCc1ccc(OC)cc1)c1ncc(F)cn1. The molecule has 1 N–H and O–H groups in total. The fraction of sp³-hybridized carbons (Fsp3) is 0.412. The Morgan fingerprint density at radius 1 is 1.25 bits per heavy atom. The molecule has 1 heterocycles. The molecule has 0 fully saturated rings. The van der Waals surface area contributed by atoms with Gasteiger partial charge in [-0.1, -0.05) is 25.5 Å². The van der Waals surface area contributed by atoms with Gasteiger partial charge in [0, 0.05) is 11.4 Å². The van der Waals surface area contributed by atoms with Crippen LogP contribution in [0.4, 0.5) is 4.39 Å². The number of hydrogen-bond donors (Lipinski definition) is 1. The Morgan fingerprint density at radius 3 is 2.50 bits per heavy atom. The van der Waals surface area contributed by atoms with E-state index in [0.717, 1.165) is 36.5 Å². The average molecular weight is 351 g/mol. The van der Waals surface area contributed by atoms with Crippen molar-refractivity contribution in [3.8, 4) is 5.75 Å². The highest BCUT2D eigenvalue weighted by Gasteiger charge is 2.21. The second-order valence-electron chi connectivity index (χ2n) is 5.43. The van der Waals surface area contributed by atoms with Crippen molar-refractivity contribution in [2.75, 3.05) is 12.9 Å². The van der Waals surface area contributed by atoms with Crippen LogP contribution in [0.3, 0.4) is 0 Å². The number of halogens is 1. The molecule has 7 heteroatoms. The molecule has 1 aromatic heterocycles. The smallest absolute Gasteiger partial charge is 0.159 e. The van der Waals surface area contributed by atoms with E-state index < -0.39 is 17.2 Å². The van der Waals surface area contributed by atoms with Crippen molar-refractivity contribution < 1.29 is 13.7 Å². The predicted molar refractivity (Wildman–Crippen MR) is 92.5 cm³/mol. The van der Waals surface area contributed by atoms with Crippen LogP contribution in [0.5, 0.6) is 5.75 Å². The van der Waals surface area contributed by atoms with Crippen molar-refractivity contribution in [3.63, 3.8) is 0 Å². The van der Waals surface area contributed by atoms with Gasteiger partial charge in [-0.25, -0.2) is 14.4 Å². The molecular weight excluding hydrogens is 329 g/mol. The van der Waals surface area contributed by atoms with E-state index in [0.29, 0.717) is 18.1 Å². The van der Waals surface area contributed by atoms with Crippen LogP contribution in [0.25, 0.3) is 0 Å². The lowest BCUT2D eigenvalue weighted by molar-refractivity contribution is 0.414. The van der Waals surface area contributed by atoms with Crippen LogP contribution in [0.15, 0.2) is 36.7 Å². The van der Waals surface area contributed by atoms with Gasteiger partial charge in [-0.05, 0) is 24.1 Å². The zero-order chi connectivity index (χ0) is 17.4. The maximum atomic E-state index is 13.0. The molecule has 2 atom stereocenters. The second kappa shape index (κ2) is 9.56. The highest BCUT2D eigenvalue weighted by Crippen LogP contribution is 2.20. The third-order valence-corrected chi connectivity index (χ3v) is 4.76. The van der Waals surface area contributed by atoms with Crippen molar-refractivity contribution in [2.24, 2.45) is 0 Å². The Bertz CT molecular complexity index is 610. The van der Waals surface area contributed by atoms with E-state index >= 15 is 0 Å². The molecule has 2 aromatic rings. The molecule has 2 rings (SSSR count). The number of hydrogen-bond acceptors (Lipinski definition) is 5. The topological polar surface area (TPSA) is 70.1 Å². The zero-order valence-electron chi connectivity index (χ0n) is 13.9. The minimum absolute atomic E-state index is 0.0557. The van der Waals surface area contributed by atoms with Gasteiger partial charge in [0.25, 0.3) is 0 Å². The Kier molecular flexibility index (Phi) is 7.42. The van der Waals surface area contributed by atoms with E-state index in [1.807, 2.05) is 31.2 Å². The van der Waals surface area contributed by atoms with Gasteiger partial charge in [-0.2, -0.15) is 0 Å². The summed E-state index contributed by atoms with van der Waals surface area (Å²) in [6.07, 6.45) is 4.03. The molecule has 24 heavy (non-hydrogen) atoms. The van der Waals surface area contributed by atoms with Crippen LogP contribution < -0.4 is 9.46 Å². The van der Waals surface area contributed by atoms with Gasteiger partial charge in [0.2, 0.25) is 0 Å². The first-order chi connectivity index (χ1) is 11.6. The van der Waals surface area contributed by atoms with Crippen LogP contribution >= 0.6 is 0 Å². The number of benzene rings is 1. The largest absolute Gasteiger partial charge is 0.598 e. The van der Waals surface area contributed by atoms with Crippen molar-refractivity contribution in [1.29, 1.82) is 0 Å². The van der Waals surface area contributed by atoms with E-state index in [1.54, 1.807) is 7.11 Å². The molecule has 1 aromatic carbocycles. The first-order valence-corrected chi connectivity index (χ1v) is 9.16. The Labute approximate surface area is 145 Å². The number of ether oxygens (including phenoxy) is 1. The molecule has 0 radical (unpaired) electrons. The lowest BCUT2D eigenvalue weighted by Gasteiger charge is -2.17. The van der Waals surface area contributed by atoms with Crippen LogP contribution in [-0.4, -0.2) is 27.4 Å². The van der Waals surface area contributed by atoms with E-state index in [4.69, 9.17) is 4.74 Å². The van der Waals surface area contributed by atoms with Crippen LogP contribution in [0, 0.1) is 5.82 Å². The zero-order valence-corrected chi connectivity index (χ0v) is 14.7. The summed E-state index contributed by atoms with van der Waals surface area (Å²) in [6, 6.07) is 7.59. The first-order valence-electron chi connectivity index (χ1n) is 7.84. The third kappa shape index (κ3) is 5.74. The number of nitrogens with one attached hydrogen (secondary N) is 1. The lowest BCUT2D eigenvalue weighted by atomic mass is 10.1. The van der Waals surface area contributed by atoms with Gasteiger partial charge in [-0.3, -0.25) is 0 Å². The summed E-state index contributed by atoms with van der Waals surface area (Å²) in [7, 11) is 1.62. The molecule has 0 aliphatic heterocycles. The van der Waals surface area contributed by atoms with Gasteiger partial charge in [0.15, 0.2) is 5.82 Å². The highest BCUT2D eigenvalue weighted by atomic mass is 32.2. The van der Waals surface area contributed by atoms with Crippen molar-refractivity contribution in [2.45, 2.75) is 32.2 Å². The quantitative estimate of drug-likeness (QED) is 0.703. The molecule has 0 amide bonds. The number of aromatic nitrogens is 2. The Balaban J connectivity index is 1.89. The summed E-state index contributed by atoms with van der Waals surface area (Å²) < 4.78 is 33.4. The van der Waals surface area contributed by atoms with Gasteiger partial charge < -0.3 is 9.29 Å². The molecule has 0 spiro atoms. The summed E-state index contributed by atoms with van der Waals surface area (Å²) in [4.78, 5) is 8.05. The van der Waals surface area contributed by atoms with E-state index in [2.05, 4.69) is 14.7 Å². The minimum Gasteiger partial charge on any atom is -0.598 e. The van der Waals surface area contributed by atoms with Gasteiger partial charge in [0.05, 0.1) is 32.0 Å². The standard InChI is InChI=1S/C17H22FN3O2S/c1-3-4-14(17-19-10-15(18)11-20-17)12-24(22)21-9-13-5-7-16(23-2)8-6-13/h5-8,10-11,14,21H,3-4,9,12H2,1-2H3. The summed E-state index contributed by atoms with van der Waals surface area (Å²) in [5.74, 6) is 1.21. The van der Waals surface area contributed by atoms with E-state index in [9.17, 15) is 8.94 Å². The number of methoxy groups -OCH3 is 1. The second-order valence-corrected chi connectivity index (χ2v) is 6.74. The molecule has 2 unspecified atom stereocenters. The Morgan fingerprint density at radius 2 is 1.92 bits per heavy atom. The summed E-state index contributed by atoms with van der Waals surface area (Å²) in [6.45, 7) is 2.55. The highest BCUT2D eigenvalue weighted by molar-refractivity contribution is 7.89. The molecule has 5 nitrogen and oxygen atoms in total. The Hall–Kier alpha value is -1.70. The van der Waals surface area contributed by atoms with Crippen molar-refractivity contribution >= 4 is 11.4 Å². The van der Waals surface area contributed by atoms with Crippen LogP contribution in [0.1, 0.15) is 37.1 Å². The maximum Gasteiger partial charge on any atom is 0.159 e. The monoisotopic (exact) mass is 351 g/mol. The fourth-order valence-electron chi connectivity index (χ4n) is 2.32. The molecule has 0 saturated carbocycles. The van der Waals surface area contributed by atoms with Gasteiger partial charge in [-0.15, -0.1) is 4.72 Å². The number of rotatable bonds is 9. The van der Waals surface area contributed by atoms with Crippen molar-refractivity contribution in [3.05, 3.63) is 53.9 Å². The molecular formula is C17H22FN3O2S. The normalized spacial score (nSPS) is 13.5. The molecule has 0 aliphatic carbocycles. The van der Waals surface area contributed by atoms with Gasteiger partial charge in [0.1, 0.15) is 17.3 Å². The van der Waals surface area contributed by atoms with E-state index in [1.165, 1.54) is 0 Å². The molecule has 130 valence electrons. The lowest BCUT2D eigenvalue weighted by Crippen LogP contribution is -2.29. The van der Waals surface area contributed by atoms with Crippen molar-refractivity contribution in [1.82, 2.24) is 14.7 Å². The summed E-state index contributed by atoms with van der Waals surface area (Å²) in [5, 5.41) is 0. The average Bonchev–Trinajstić information content (AvgIpc) is 2.61. The maximum absolute atomic E-state index is 13.0. The molecule has 0 saturated heterocycles. The van der Waals surface area contributed by atoms with Crippen LogP contribution in [-0.2, 0) is 17.9 Å². The predicted octanol–water partition coefficient (Wildman–Crippen LogP) is 2.96. The summed E-state index contributed by atoms with van der Waals surface area (Å²) >= 11 is -1.22. The minimum atomic E-state index is -1.22.